The van der Waals surface area contributed by atoms with Gasteiger partial charge in [0.1, 0.15) is 5.69 Å². The average molecular weight is 305 g/mol. The van der Waals surface area contributed by atoms with E-state index >= 15 is 0 Å². The fourth-order valence-corrected chi connectivity index (χ4v) is 2.64. The fraction of sp³-hybridized carbons (Fsp3) is 0.214. The van der Waals surface area contributed by atoms with Gasteiger partial charge in [-0.25, -0.2) is 0 Å². The third-order valence-electron chi connectivity index (χ3n) is 3.13. The predicted molar refractivity (Wildman–Crippen MR) is 82.5 cm³/mol. The molecule has 6 nitrogen and oxygen atoms in total. The van der Waals surface area contributed by atoms with Crippen molar-refractivity contribution < 1.29 is 9.72 Å². The van der Waals surface area contributed by atoms with Gasteiger partial charge >= 0.3 is 0 Å². The van der Waals surface area contributed by atoms with Crippen LogP contribution in [0, 0.1) is 10.1 Å². The lowest BCUT2D eigenvalue weighted by Crippen LogP contribution is -2.29. The van der Waals surface area contributed by atoms with Gasteiger partial charge in [-0.3, -0.25) is 14.9 Å². The highest BCUT2D eigenvalue weighted by molar-refractivity contribution is 7.09. The summed E-state index contributed by atoms with van der Waals surface area (Å²) in [6, 6.07) is 8.23. The molecule has 2 aromatic rings. The van der Waals surface area contributed by atoms with E-state index in [-0.39, 0.29) is 22.8 Å². The van der Waals surface area contributed by atoms with Crippen LogP contribution in [0.5, 0.6) is 0 Å². The number of nitrogens with zero attached hydrogens (tertiary/aromatic N) is 2. The summed E-state index contributed by atoms with van der Waals surface area (Å²) in [5, 5.41) is 12.8. The summed E-state index contributed by atoms with van der Waals surface area (Å²) in [4.78, 5) is 25.3. The molecule has 1 heterocycles. The highest BCUT2D eigenvalue weighted by Crippen LogP contribution is 2.25. The zero-order valence-electron chi connectivity index (χ0n) is 11.5. The van der Waals surface area contributed by atoms with E-state index in [0.717, 1.165) is 6.42 Å². The summed E-state index contributed by atoms with van der Waals surface area (Å²) >= 11 is 1.63. The van der Waals surface area contributed by atoms with Crippen LogP contribution in [-0.2, 0) is 6.42 Å². The number of carbonyl (C=O) groups excluding carboxylic acids is 1. The van der Waals surface area contributed by atoms with E-state index in [1.165, 1.54) is 28.0 Å². The second-order valence-corrected chi connectivity index (χ2v) is 5.58. The van der Waals surface area contributed by atoms with Gasteiger partial charge in [-0.05, 0) is 23.9 Å². The minimum atomic E-state index is -0.586. The number of thiophene rings is 1. The van der Waals surface area contributed by atoms with Crippen LogP contribution >= 0.6 is 11.3 Å². The maximum atomic E-state index is 12.3. The Hall–Kier alpha value is -2.41. The minimum Gasteiger partial charge on any atom is -0.393 e. The fourth-order valence-electron chi connectivity index (χ4n) is 1.94. The lowest BCUT2D eigenvalue weighted by atomic mass is 10.1. The summed E-state index contributed by atoms with van der Waals surface area (Å²) in [6.45, 7) is 0.529. The topological polar surface area (TPSA) is 89.5 Å². The Balaban J connectivity index is 2.12. The van der Waals surface area contributed by atoms with Crippen molar-refractivity contribution in [2.24, 2.45) is 0 Å². The monoisotopic (exact) mass is 305 g/mol. The molecule has 1 amide bonds. The van der Waals surface area contributed by atoms with Gasteiger partial charge in [-0.2, -0.15) is 0 Å². The Morgan fingerprint density at radius 1 is 1.38 bits per heavy atom. The first kappa shape index (κ1) is 15.0. The maximum Gasteiger partial charge on any atom is 0.292 e. The first-order chi connectivity index (χ1) is 10.0. The van der Waals surface area contributed by atoms with E-state index in [1.54, 1.807) is 18.4 Å². The van der Waals surface area contributed by atoms with E-state index in [1.807, 2.05) is 17.5 Å². The predicted octanol–water partition coefficient (Wildman–Crippen LogP) is 2.55. The van der Waals surface area contributed by atoms with Gasteiger partial charge in [0, 0.05) is 24.5 Å². The molecule has 0 spiro atoms. The maximum absolute atomic E-state index is 12.3. The number of carbonyl (C=O) groups is 1. The minimum absolute atomic E-state index is 0.0875. The number of nitro groups is 1. The summed E-state index contributed by atoms with van der Waals surface area (Å²) in [6.07, 6.45) is 0.745. The van der Waals surface area contributed by atoms with Gasteiger partial charge in [0.25, 0.3) is 11.6 Å². The van der Waals surface area contributed by atoms with E-state index in [2.05, 4.69) is 0 Å². The number of amides is 1. The molecular formula is C14H15N3O3S. The van der Waals surface area contributed by atoms with E-state index in [4.69, 9.17) is 5.73 Å². The van der Waals surface area contributed by atoms with Crippen molar-refractivity contribution in [3.8, 4) is 0 Å². The van der Waals surface area contributed by atoms with E-state index < -0.39 is 4.92 Å². The van der Waals surface area contributed by atoms with Crippen molar-refractivity contribution in [1.29, 1.82) is 0 Å². The van der Waals surface area contributed by atoms with Crippen LogP contribution < -0.4 is 5.73 Å². The largest absolute Gasteiger partial charge is 0.393 e. The summed E-state index contributed by atoms with van der Waals surface area (Å²) in [7, 11) is 1.66. The number of likely N-dealkylation sites (N-methyl/N-ethyl adjacent to an activating group) is 1. The normalized spacial score (nSPS) is 10.3. The van der Waals surface area contributed by atoms with Crippen LogP contribution in [0.25, 0.3) is 0 Å². The number of hydrogen-bond donors (Lipinski definition) is 1. The number of rotatable bonds is 5. The molecule has 0 fully saturated rings. The van der Waals surface area contributed by atoms with Crippen LogP contribution in [0.1, 0.15) is 15.2 Å². The molecule has 0 aliphatic rings. The average Bonchev–Trinajstić information content (AvgIpc) is 2.97. The van der Waals surface area contributed by atoms with Crippen molar-refractivity contribution in [2.75, 3.05) is 19.3 Å². The Morgan fingerprint density at radius 3 is 2.76 bits per heavy atom. The van der Waals surface area contributed by atoms with Crippen molar-refractivity contribution >= 4 is 28.6 Å². The second-order valence-electron chi connectivity index (χ2n) is 4.55. The molecule has 0 atom stereocenters. The van der Waals surface area contributed by atoms with Crippen LogP contribution in [0.3, 0.4) is 0 Å². The quantitative estimate of drug-likeness (QED) is 0.522. The van der Waals surface area contributed by atoms with Gasteiger partial charge in [0.05, 0.1) is 10.5 Å². The van der Waals surface area contributed by atoms with Crippen LogP contribution in [0.2, 0.25) is 0 Å². The molecule has 0 saturated carbocycles. The molecule has 0 aliphatic heterocycles. The van der Waals surface area contributed by atoms with Gasteiger partial charge < -0.3 is 10.6 Å². The van der Waals surface area contributed by atoms with Gasteiger partial charge in [0.15, 0.2) is 0 Å². The van der Waals surface area contributed by atoms with Gasteiger partial charge in [-0.15, -0.1) is 11.3 Å². The number of anilines is 1. The summed E-state index contributed by atoms with van der Waals surface area (Å²) in [5.74, 6) is -0.312. The lowest BCUT2D eigenvalue weighted by Gasteiger charge is -2.17. The zero-order valence-corrected chi connectivity index (χ0v) is 12.3. The number of hydrogen-bond acceptors (Lipinski definition) is 5. The number of benzene rings is 1. The molecule has 21 heavy (non-hydrogen) atoms. The highest BCUT2D eigenvalue weighted by Gasteiger charge is 2.21. The number of nitrogen functional groups attached to an aromatic ring is 1. The molecule has 0 unspecified atom stereocenters. The van der Waals surface area contributed by atoms with E-state index in [9.17, 15) is 14.9 Å². The molecule has 2 rings (SSSR count). The highest BCUT2D eigenvalue weighted by atomic mass is 32.1. The SMILES string of the molecule is CN(CCc1cccs1)C(=O)c1cccc([N+](=O)[O-])c1N. The molecule has 0 saturated heterocycles. The zero-order chi connectivity index (χ0) is 15.4. The first-order valence-corrected chi connectivity index (χ1v) is 7.19. The molecule has 0 aliphatic carbocycles. The van der Waals surface area contributed by atoms with Crippen molar-refractivity contribution in [1.82, 2.24) is 4.90 Å². The molecule has 1 aromatic heterocycles. The third-order valence-corrected chi connectivity index (χ3v) is 4.07. The first-order valence-electron chi connectivity index (χ1n) is 6.31. The molecule has 110 valence electrons. The Bertz CT molecular complexity index is 655. The van der Waals surface area contributed by atoms with E-state index in [0.29, 0.717) is 6.54 Å². The summed E-state index contributed by atoms with van der Waals surface area (Å²) < 4.78 is 0. The third kappa shape index (κ3) is 3.38. The smallest absolute Gasteiger partial charge is 0.292 e. The summed E-state index contributed by atoms with van der Waals surface area (Å²) in [5.41, 5.74) is 5.56. The molecule has 0 radical (unpaired) electrons. The number of para-hydroxylation sites is 1. The molecular weight excluding hydrogens is 290 g/mol. The molecule has 1 aromatic carbocycles. The molecule has 7 heteroatoms. The standard InChI is InChI=1S/C14H15N3O3S/c1-16(8-7-10-4-3-9-21-10)14(18)11-5-2-6-12(13(11)15)17(19)20/h2-6,9H,7-8,15H2,1H3. The van der Waals surface area contributed by atoms with Crippen LogP contribution in [-0.4, -0.2) is 29.3 Å². The van der Waals surface area contributed by atoms with Crippen LogP contribution in [0.4, 0.5) is 11.4 Å². The Morgan fingerprint density at radius 2 is 2.14 bits per heavy atom. The molecule has 0 bridgehead atoms. The molecule has 2 N–H and O–H groups in total. The Kier molecular flexibility index (Phi) is 4.54. The van der Waals surface area contributed by atoms with Crippen molar-refractivity contribution in [3.05, 3.63) is 56.3 Å². The Labute approximate surface area is 126 Å². The van der Waals surface area contributed by atoms with Crippen molar-refractivity contribution in [3.63, 3.8) is 0 Å². The van der Waals surface area contributed by atoms with Gasteiger partial charge in [-0.1, -0.05) is 12.1 Å². The van der Waals surface area contributed by atoms with Crippen molar-refractivity contribution in [2.45, 2.75) is 6.42 Å². The number of nitrogens with two attached hydrogens (primary N) is 1. The second kappa shape index (κ2) is 6.36. The number of nitro benzene ring substituents is 1. The van der Waals surface area contributed by atoms with Crippen LogP contribution in [0.15, 0.2) is 35.7 Å². The van der Waals surface area contributed by atoms with Gasteiger partial charge in [0.2, 0.25) is 0 Å². The lowest BCUT2D eigenvalue weighted by molar-refractivity contribution is -0.383.